The van der Waals surface area contributed by atoms with Gasteiger partial charge in [-0.05, 0) is 70.0 Å². The number of halogens is 1. The molecule has 1 N–H and O–H groups in total. The van der Waals surface area contributed by atoms with Gasteiger partial charge in [-0.2, -0.15) is 0 Å². The fourth-order valence-corrected chi connectivity index (χ4v) is 3.63. The van der Waals surface area contributed by atoms with Crippen LogP contribution in [-0.4, -0.2) is 19.6 Å². The lowest BCUT2D eigenvalue weighted by Crippen LogP contribution is -2.10. The Kier molecular flexibility index (Phi) is 6.42. The van der Waals surface area contributed by atoms with Crippen LogP contribution in [0.4, 0.5) is 5.69 Å². The molecule has 0 aliphatic carbocycles. The summed E-state index contributed by atoms with van der Waals surface area (Å²) in [6, 6.07) is 7.10. The number of hydrogen-bond acceptors (Lipinski definition) is 4. The highest BCUT2D eigenvalue weighted by molar-refractivity contribution is 6.31. The first-order chi connectivity index (χ1) is 14.3. The second-order valence-electron chi connectivity index (χ2n) is 7.13. The number of carbonyl (C=O) groups is 1. The Balaban J connectivity index is 2.03. The molecule has 1 amide bonds. The van der Waals surface area contributed by atoms with Gasteiger partial charge in [-0.1, -0.05) is 11.6 Å². The smallest absolute Gasteiger partial charge is 0.248 e. The van der Waals surface area contributed by atoms with Crippen LogP contribution in [0.2, 0.25) is 5.02 Å². The normalized spacial score (nSPS) is 11.6. The number of allylic oxidation sites excluding steroid dienone is 1. The Morgan fingerprint density at radius 1 is 1.20 bits per heavy atom. The standard InChI is InChI=1S/C24H26ClNO4/c1-7-29-23-15(4)24-19(14(3)16(5)30-24)12-18(23)13(2)10-22(27)26-20-11-17(25)8-9-21(20)28-6/h8-12H,7H2,1-6H3,(H,26,27)/b13-10+. The minimum Gasteiger partial charge on any atom is -0.495 e. The van der Waals surface area contributed by atoms with Crippen molar-refractivity contribution >= 4 is 39.7 Å². The minimum absolute atomic E-state index is 0.284. The number of methoxy groups -OCH3 is 1. The number of anilines is 1. The van der Waals surface area contributed by atoms with Crippen molar-refractivity contribution in [2.45, 2.75) is 34.6 Å². The van der Waals surface area contributed by atoms with Crippen LogP contribution >= 0.6 is 11.6 Å². The summed E-state index contributed by atoms with van der Waals surface area (Å²) in [5.41, 5.74) is 4.97. The molecule has 0 aliphatic rings. The van der Waals surface area contributed by atoms with Gasteiger partial charge in [-0.3, -0.25) is 4.79 Å². The largest absolute Gasteiger partial charge is 0.495 e. The molecule has 30 heavy (non-hydrogen) atoms. The number of hydrogen-bond donors (Lipinski definition) is 1. The van der Waals surface area contributed by atoms with E-state index in [9.17, 15) is 4.79 Å². The molecule has 3 rings (SSSR count). The van der Waals surface area contributed by atoms with Crippen LogP contribution in [0.15, 0.2) is 34.8 Å². The molecule has 0 bridgehead atoms. The molecule has 2 aromatic carbocycles. The molecule has 0 spiro atoms. The zero-order chi connectivity index (χ0) is 22.0. The lowest BCUT2D eigenvalue weighted by molar-refractivity contribution is -0.111. The molecule has 0 saturated carbocycles. The zero-order valence-electron chi connectivity index (χ0n) is 18.1. The van der Waals surface area contributed by atoms with Crippen LogP contribution in [0, 0.1) is 20.8 Å². The summed E-state index contributed by atoms with van der Waals surface area (Å²) in [4.78, 5) is 12.7. The molecule has 3 aromatic rings. The predicted octanol–water partition coefficient (Wildman–Crippen LogP) is 6.46. The highest BCUT2D eigenvalue weighted by Gasteiger charge is 2.19. The van der Waals surface area contributed by atoms with Crippen LogP contribution in [0.1, 0.15) is 36.3 Å². The highest BCUT2D eigenvalue weighted by Crippen LogP contribution is 2.39. The third kappa shape index (κ3) is 4.17. The molecular formula is C24H26ClNO4. The second kappa shape index (κ2) is 8.84. The average molecular weight is 428 g/mol. The van der Waals surface area contributed by atoms with E-state index in [-0.39, 0.29) is 5.91 Å². The Morgan fingerprint density at radius 3 is 2.60 bits per heavy atom. The minimum atomic E-state index is -0.284. The van der Waals surface area contributed by atoms with E-state index in [0.717, 1.165) is 44.7 Å². The van der Waals surface area contributed by atoms with Gasteiger partial charge in [0, 0.05) is 27.6 Å². The summed E-state index contributed by atoms with van der Waals surface area (Å²) in [5, 5.41) is 4.37. The Morgan fingerprint density at radius 2 is 1.93 bits per heavy atom. The summed E-state index contributed by atoms with van der Waals surface area (Å²) in [6.07, 6.45) is 1.55. The summed E-state index contributed by atoms with van der Waals surface area (Å²) in [7, 11) is 1.54. The summed E-state index contributed by atoms with van der Waals surface area (Å²) >= 11 is 6.06. The third-order valence-corrected chi connectivity index (χ3v) is 5.36. The molecule has 1 heterocycles. The molecule has 158 valence electrons. The molecular weight excluding hydrogens is 402 g/mol. The van der Waals surface area contributed by atoms with Crippen molar-refractivity contribution in [2.75, 3.05) is 19.0 Å². The number of benzene rings is 2. The van der Waals surface area contributed by atoms with Crippen molar-refractivity contribution in [3.63, 3.8) is 0 Å². The van der Waals surface area contributed by atoms with Gasteiger partial charge in [0.1, 0.15) is 22.8 Å². The summed E-state index contributed by atoms with van der Waals surface area (Å²) in [5.74, 6) is 1.85. The molecule has 0 aliphatic heterocycles. The van der Waals surface area contributed by atoms with E-state index in [1.54, 1.807) is 31.4 Å². The number of amides is 1. The third-order valence-electron chi connectivity index (χ3n) is 5.13. The van der Waals surface area contributed by atoms with Gasteiger partial charge in [0.25, 0.3) is 0 Å². The van der Waals surface area contributed by atoms with E-state index < -0.39 is 0 Å². The molecule has 6 heteroatoms. The average Bonchev–Trinajstić information content (AvgIpc) is 2.98. The van der Waals surface area contributed by atoms with E-state index in [2.05, 4.69) is 5.32 Å². The second-order valence-corrected chi connectivity index (χ2v) is 7.57. The van der Waals surface area contributed by atoms with Crippen molar-refractivity contribution in [2.24, 2.45) is 0 Å². The van der Waals surface area contributed by atoms with Gasteiger partial charge < -0.3 is 19.2 Å². The van der Waals surface area contributed by atoms with Crippen LogP contribution in [0.5, 0.6) is 11.5 Å². The van der Waals surface area contributed by atoms with Crippen LogP contribution < -0.4 is 14.8 Å². The van der Waals surface area contributed by atoms with Crippen molar-refractivity contribution < 1.29 is 18.7 Å². The first kappa shape index (κ1) is 21.8. The molecule has 0 fully saturated rings. The van der Waals surface area contributed by atoms with E-state index in [4.69, 9.17) is 25.5 Å². The maximum absolute atomic E-state index is 12.7. The van der Waals surface area contributed by atoms with Gasteiger partial charge >= 0.3 is 0 Å². The number of rotatable bonds is 6. The maximum atomic E-state index is 12.7. The molecule has 0 saturated heterocycles. The lowest BCUT2D eigenvalue weighted by atomic mass is 9.98. The molecule has 5 nitrogen and oxygen atoms in total. The summed E-state index contributed by atoms with van der Waals surface area (Å²) in [6.45, 7) is 10.3. The van der Waals surface area contributed by atoms with Gasteiger partial charge in [-0.25, -0.2) is 0 Å². The maximum Gasteiger partial charge on any atom is 0.248 e. The first-order valence-corrected chi connectivity index (χ1v) is 10.1. The van der Waals surface area contributed by atoms with Crippen molar-refractivity contribution in [3.05, 3.63) is 57.8 Å². The number of carbonyl (C=O) groups excluding carboxylic acids is 1. The number of ether oxygens (including phenoxy) is 2. The number of nitrogens with one attached hydrogen (secondary N) is 1. The SMILES string of the molecule is CCOc1c(/C(C)=C/C(=O)Nc2cc(Cl)ccc2OC)cc2c(C)c(C)oc2c1C. The van der Waals surface area contributed by atoms with Gasteiger partial charge in [0.05, 0.1) is 19.4 Å². The topological polar surface area (TPSA) is 60.7 Å². The Hall–Kier alpha value is -2.92. The predicted molar refractivity (Wildman–Crippen MR) is 122 cm³/mol. The van der Waals surface area contributed by atoms with Crippen molar-refractivity contribution in [1.29, 1.82) is 0 Å². The van der Waals surface area contributed by atoms with E-state index in [1.165, 1.54) is 0 Å². The fraction of sp³-hybridized carbons (Fsp3) is 0.292. The van der Waals surface area contributed by atoms with Gasteiger partial charge in [-0.15, -0.1) is 0 Å². The molecule has 0 radical (unpaired) electrons. The fourth-order valence-electron chi connectivity index (χ4n) is 3.46. The highest BCUT2D eigenvalue weighted by atomic mass is 35.5. The van der Waals surface area contributed by atoms with Gasteiger partial charge in [0.2, 0.25) is 5.91 Å². The van der Waals surface area contributed by atoms with E-state index >= 15 is 0 Å². The zero-order valence-corrected chi connectivity index (χ0v) is 18.9. The first-order valence-electron chi connectivity index (χ1n) is 9.76. The number of furan rings is 1. The summed E-state index contributed by atoms with van der Waals surface area (Å²) < 4.78 is 17.2. The van der Waals surface area contributed by atoms with Crippen molar-refractivity contribution in [3.8, 4) is 11.5 Å². The van der Waals surface area contributed by atoms with E-state index in [1.807, 2.05) is 40.7 Å². The Bertz CT molecular complexity index is 1140. The lowest BCUT2D eigenvalue weighted by Gasteiger charge is -2.15. The molecule has 0 unspecified atom stereocenters. The monoisotopic (exact) mass is 427 g/mol. The number of aryl methyl sites for hydroxylation is 3. The van der Waals surface area contributed by atoms with Crippen LogP contribution in [-0.2, 0) is 4.79 Å². The van der Waals surface area contributed by atoms with E-state index in [0.29, 0.717) is 23.1 Å². The molecule has 1 aromatic heterocycles. The Labute approximate surface area is 181 Å². The quantitative estimate of drug-likeness (QED) is 0.458. The van der Waals surface area contributed by atoms with Crippen LogP contribution in [0.25, 0.3) is 16.5 Å². The van der Waals surface area contributed by atoms with Crippen LogP contribution in [0.3, 0.4) is 0 Å². The van der Waals surface area contributed by atoms with Gasteiger partial charge in [0.15, 0.2) is 0 Å². The molecule has 0 atom stereocenters. The van der Waals surface area contributed by atoms with Crippen molar-refractivity contribution in [1.82, 2.24) is 0 Å². The number of fused-ring (bicyclic) bond motifs is 1.